The average Bonchev–Trinajstić information content (AvgIpc) is 2.29. The van der Waals surface area contributed by atoms with E-state index in [1.807, 2.05) is 13.0 Å². The molecule has 1 aromatic rings. The molecule has 0 aliphatic rings. The Labute approximate surface area is 104 Å². The number of benzene rings is 1. The van der Waals surface area contributed by atoms with Gasteiger partial charge in [-0.2, -0.15) is 5.26 Å². The van der Waals surface area contributed by atoms with Gasteiger partial charge in [-0.25, -0.2) is 0 Å². The summed E-state index contributed by atoms with van der Waals surface area (Å²) in [4.78, 5) is 11.9. The highest BCUT2D eigenvalue weighted by atomic mass is 79.9. The van der Waals surface area contributed by atoms with E-state index in [1.165, 1.54) is 0 Å². The standard InChI is InChI=1S/C12H13BrN2O/c1-3-12(2,8-14)15-11(16)9-6-4-5-7-10(9)13/h4-7H,3H2,1-2H3,(H,15,16). The maximum Gasteiger partial charge on any atom is 0.253 e. The summed E-state index contributed by atoms with van der Waals surface area (Å²) in [5.41, 5.74) is -0.274. The normalized spacial score (nSPS) is 13.6. The molecule has 1 atom stereocenters. The van der Waals surface area contributed by atoms with Gasteiger partial charge in [0.15, 0.2) is 0 Å². The highest BCUT2D eigenvalue weighted by molar-refractivity contribution is 9.10. The SMILES string of the molecule is CCC(C)(C#N)NC(=O)c1ccccc1Br. The first kappa shape index (κ1) is 12.7. The molecule has 1 N–H and O–H groups in total. The van der Waals surface area contributed by atoms with Gasteiger partial charge in [0, 0.05) is 4.47 Å². The van der Waals surface area contributed by atoms with Crippen molar-refractivity contribution in [2.45, 2.75) is 25.8 Å². The second-order valence-corrected chi connectivity index (χ2v) is 4.59. The summed E-state index contributed by atoms with van der Waals surface area (Å²) < 4.78 is 0.726. The van der Waals surface area contributed by atoms with Crippen LogP contribution < -0.4 is 5.32 Å². The highest BCUT2D eigenvalue weighted by Crippen LogP contribution is 2.17. The number of rotatable bonds is 3. The molecule has 0 aliphatic carbocycles. The van der Waals surface area contributed by atoms with Crippen LogP contribution in [0.15, 0.2) is 28.7 Å². The number of halogens is 1. The lowest BCUT2D eigenvalue weighted by Crippen LogP contribution is -2.44. The van der Waals surface area contributed by atoms with Crippen molar-refractivity contribution in [1.82, 2.24) is 5.32 Å². The van der Waals surface area contributed by atoms with Crippen molar-refractivity contribution in [1.29, 1.82) is 5.26 Å². The van der Waals surface area contributed by atoms with Gasteiger partial charge in [-0.1, -0.05) is 19.1 Å². The average molecular weight is 281 g/mol. The number of nitrogens with zero attached hydrogens (tertiary/aromatic N) is 1. The van der Waals surface area contributed by atoms with Crippen LogP contribution in [0.4, 0.5) is 0 Å². The van der Waals surface area contributed by atoms with Crippen molar-refractivity contribution in [3.05, 3.63) is 34.3 Å². The number of nitrogens with one attached hydrogen (secondary N) is 1. The van der Waals surface area contributed by atoms with Crippen LogP contribution in [-0.2, 0) is 0 Å². The largest absolute Gasteiger partial charge is 0.334 e. The lowest BCUT2D eigenvalue weighted by atomic mass is 10.0. The van der Waals surface area contributed by atoms with Gasteiger partial charge in [-0.15, -0.1) is 0 Å². The summed E-state index contributed by atoms with van der Waals surface area (Å²) in [6, 6.07) is 9.24. The molecule has 1 rings (SSSR count). The van der Waals surface area contributed by atoms with Gasteiger partial charge in [-0.3, -0.25) is 4.79 Å². The minimum absolute atomic E-state index is 0.238. The van der Waals surface area contributed by atoms with Crippen molar-refractivity contribution in [2.75, 3.05) is 0 Å². The van der Waals surface area contributed by atoms with E-state index in [2.05, 4.69) is 27.3 Å². The molecule has 0 radical (unpaired) electrons. The van der Waals surface area contributed by atoms with Crippen molar-refractivity contribution < 1.29 is 4.79 Å². The summed E-state index contributed by atoms with van der Waals surface area (Å²) in [7, 11) is 0. The fourth-order valence-electron chi connectivity index (χ4n) is 1.16. The smallest absolute Gasteiger partial charge is 0.253 e. The monoisotopic (exact) mass is 280 g/mol. The fraction of sp³-hybridized carbons (Fsp3) is 0.333. The van der Waals surface area contributed by atoms with Crippen molar-refractivity contribution in [3.63, 3.8) is 0 Å². The van der Waals surface area contributed by atoms with E-state index >= 15 is 0 Å². The Hall–Kier alpha value is -1.34. The molecule has 1 unspecified atom stereocenters. The summed E-state index contributed by atoms with van der Waals surface area (Å²) >= 11 is 3.30. The van der Waals surface area contributed by atoms with Gasteiger partial charge in [0.25, 0.3) is 5.91 Å². The zero-order valence-corrected chi connectivity index (χ0v) is 10.8. The summed E-state index contributed by atoms with van der Waals surface area (Å²) in [5, 5.41) is 11.7. The van der Waals surface area contributed by atoms with E-state index in [-0.39, 0.29) is 5.91 Å². The zero-order chi connectivity index (χ0) is 12.2. The minimum Gasteiger partial charge on any atom is -0.334 e. The maximum absolute atomic E-state index is 11.9. The van der Waals surface area contributed by atoms with Crippen molar-refractivity contribution >= 4 is 21.8 Å². The lowest BCUT2D eigenvalue weighted by molar-refractivity contribution is 0.0922. The summed E-state index contributed by atoms with van der Waals surface area (Å²) in [5.74, 6) is -0.238. The first-order valence-corrected chi connectivity index (χ1v) is 5.80. The Balaban J connectivity index is 2.90. The van der Waals surface area contributed by atoms with Crippen LogP contribution in [-0.4, -0.2) is 11.4 Å². The predicted molar refractivity (Wildman–Crippen MR) is 65.9 cm³/mol. The van der Waals surface area contributed by atoms with E-state index in [0.29, 0.717) is 12.0 Å². The Morgan fingerprint density at radius 2 is 2.19 bits per heavy atom. The molecule has 4 heteroatoms. The van der Waals surface area contributed by atoms with Crippen LogP contribution >= 0.6 is 15.9 Å². The predicted octanol–water partition coefficient (Wildman–Crippen LogP) is 2.87. The quantitative estimate of drug-likeness (QED) is 0.926. The Morgan fingerprint density at radius 3 is 2.69 bits per heavy atom. The number of hydrogen-bond donors (Lipinski definition) is 1. The molecule has 0 spiro atoms. The highest BCUT2D eigenvalue weighted by Gasteiger charge is 2.24. The molecular weight excluding hydrogens is 268 g/mol. The number of carbonyl (C=O) groups is 1. The van der Waals surface area contributed by atoms with E-state index in [9.17, 15) is 4.79 Å². The van der Waals surface area contributed by atoms with E-state index < -0.39 is 5.54 Å². The zero-order valence-electron chi connectivity index (χ0n) is 9.25. The first-order chi connectivity index (χ1) is 7.52. The number of amides is 1. The van der Waals surface area contributed by atoms with Gasteiger partial charge < -0.3 is 5.32 Å². The second-order valence-electron chi connectivity index (χ2n) is 3.73. The first-order valence-electron chi connectivity index (χ1n) is 5.00. The van der Waals surface area contributed by atoms with Crippen molar-refractivity contribution in [2.24, 2.45) is 0 Å². The van der Waals surface area contributed by atoms with Gasteiger partial charge in [-0.05, 0) is 41.4 Å². The number of hydrogen-bond acceptors (Lipinski definition) is 2. The Kier molecular flexibility index (Phi) is 4.08. The third-order valence-electron chi connectivity index (χ3n) is 2.46. The summed E-state index contributed by atoms with van der Waals surface area (Å²) in [6.07, 6.45) is 0.569. The third-order valence-corrected chi connectivity index (χ3v) is 3.15. The van der Waals surface area contributed by atoms with E-state index in [0.717, 1.165) is 4.47 Å². The van der Waals surface area contributed by atoms with Crippen LogP contribution in [0.25, 0.3) is 0 Å². The van der Waals surface area contributed by atoms with Gasteiger partial charge in [0.2, 0.25) is 0 Å². The molecule has 3 nitrogen and oxygen atoms in total. The topological polar surface area (TPSA) is 52.9 Å². The minimum atomic E-state index is -0.813. The molecule has 0 fully saturated rings. The Bertz CT molecular complexity index is 439. The number of nitriles is 1. The molecule has 0 heterocycles. The molecule has 0 saturated carbocycles. The lowest BCUT2D eigenvalue weighted by Gasteiger charge is -2.21. The molecule has 1 amide bonds. The molecule has 0 saturated heterocycles. The Morgan fingerprint density at radius 1 is 1.56 bits per heavy atom. The molecule has 0 aromatic heterocycles. The van der Waals surface area contributed by atoms with Gasteiger partial charge in [0.05, 0.1) is 11.6 Å². The van der Waals surface area contributed by atoms with Crippen LogP contribution in [0.5, 0.6) is 0 Å². The fourth-order valence-corrected chi connectivity index (χ4v) is 1.62. The van der Waals surface area contributed by atoms with Crippen LogP contribution in [0.1, 0.15) is 30.6 Å². The van der Waals surface area contributed by atoms with Gasteiger partial charge >= 0.3 is 0 Å². The number of carbonyl (C=O) groups excluding carboxylic acids is 1. The van der Waals surface area contributed by atoms with Crippen molar-refractivity contribution in [3.8, 4) is 6.07 Å². The van der Waals surface area contributed by atoms with E-state index in [1.54, 1.807) is 25.1 Å². The summed E-state index contributed by atoms with van der Waals surface area (Å²) in [6.45, 7) is 3.57. The molecule has 1 aromatic carbocycles. The van der Waals surface area contributed by atoms with Crippen LogP contribution in [0.3, 0.4) is 0 Å². The maximum atomic E-state index is 11.9. The van der Waals surface area contributed by atoms with Crippen LogP contribution in [0, 0.1) is 11.3 Å². The van der Waals surface area contributed by atoms with Gasteiger partial charge in [0.1, 0.15) is 5.54 Å². The molecule has 0 bridgehead atoms. The third kappa shape index (κ3) is 2.83. The van der Waals surface area contributed by atoms with Crippen LogP contribution in [0.2, 0.25) is 0 Å². The molecule has 16 heavy (non-hydrogen) atoms. The molecule has 0 aliphatic heterocycles. The van der Waals surface area contributed by atoms with E-state index in [4.69, 9.17) is 5.26 Å². The molecular formula is C12H13BrN2O. The second kappa shape index (κ2) is 5.13. The molecule has 84 valence electrons.